The summed E-state index contributed by atoms with van der Waals surface area (Å²) in [7, 11) is 0. The molecule has 0 aromatic carbocycles. The van der Waals surface area contributed by atoms with Crippen LogP contribution in [0.25, 0.3) is 0 Å². The highest BCUT2D eigenvalue weighted by Crippen LogP contribution is 2.15. The van der Waals surface area contributed by atoms with Gasteiger partial charge in [-0.25, -0.2) is 9.37 Å². The monoisotopic (exact) mass is 253 g/mol. The van der Waals surface area contributed by atoms with Crippen LogP contribution < -0.4 is 10.0 Å². The van der Waals surface area contributed by atoms with Gasteiger partial charge in [-0.3, -0.25) is 0 Å². The van der Waals surface area contributed by atoms with Gasteiger partial charge in [0.1, 0.15) is 7.23 Å². The minimum atomic E-state index is -4.00. The molecule has 3 nitrogen and oxygen atoms in total. The maximum Gasteiger partial charge on any atom is 0.213 e. The molecule has 3 atom stereocenters. The summed E-state index contributed by atoms with van der Waals surface area (Å²) in [5.74, 6) is -5.45. The van der Waals surface area contributed by atoms with E-state index in [2.05, 4.69) is 9.72 Å². The first-order valence-electron chi connectivity index (χ1n) is 12.1. The highest BCUT2D eigenvalue weighted by molar-refractivity contribution is 5.10. The fourth-order valence-electron chi connectivity index (χ4n) is 0.882. The Morgan fingerprint density at radius 1 is 1.82 bits per heavy atom. The molecule has 94 valence electrons. The van der Waals surface area contributed by atoms with E-state index >= 15 is 0 Å². The number of nitrogens with zero attached hydrogens (tertiary/aromatic N) is 1. The molecule has 4 heteroatoms. The molecule has 17 heavy (non-hydrogen) atoms. The Morgan fingerprint density at radius 2 is 2.71 bits per heavy atom. The third-order valence-electron chi connectivity index (χ3n) is 1.62. The number of hydrogen-bond acceptors (Lipinski definition) is 3. The Kier molecular flexibility index (Phi) is 1.21. The van der Waals surface area contributed by atoms with E-state index in [1.54, 1.807) is 0 Å². The summed E-state index contributed by atoms with van der Waals surface area (Å²) in [5, 5.41) is -0.367. The van der Waals surface area contributed by atoms with Gasteiger partial charge in [0, 0.05) is 24.4 Å². The van der Waals surface area contributed by atoms with E-state index in [4.69, 9.17) is 20.6 Å². The Hall–Kier alpha value is -1.16. The predicted molar refractivity (Wildman–Crippen MR) is 64.5 cm³/mol. The summed E-state index contributed by atoms with van der Waals surface area (Å²) in [5.41, 5.74) is 0. The molecule has 1 saturated heterocycles. The van der Waals surface area contributed by atoms with Crippen LogP contribution in [0.2, 0.25) is 1.41 Å². The van der Waals surface area contributed by atoms with Gasteiger partial charge in [0.05, 0.1) is 19.6 Å². The van der Waals surface area contributed by atoms with Crippen molar-refractivity contribution in [2.45, 2.75) is 32.1 Å². The second-order valence-electron chi connectivity index (χ2n) is 2.96. The standard InChI is InChI=1S/C13H19FN2O/c1-10-2-4-12(15-8-10)6-7-17-13-5-3-11(14)9-16-13/h3,5,9-10,12,15H,2,4,6-8H2,1H3/t10-,12-/m0/s1/i2D2,3D,4D2,5D,6D2,7D2,8D,9D,10D,12D/hD/t8?,10-,12-. The molecule has 1 fully saturated rings. The lowest BCUT2D eigenvalue weighted by Gasteiger charge is -2.27. The van der Waals surface area contributed by atoms with E-state index in [-0.39, 0.29) is 5.31 Å². The Labute approximate surface area is 123 Å². The zero-order chi connectivity index (χ0) is 25.5. The van der Waals surface area contributed by atoms with Crippen molar-refractivity contribution >= 4 is 0 Å². The predicted octanol–water partition coefficient (Wildman–Crippen LogP) is 2.38. The molecular formula is C13H19FN2O. The molecule has 1 unspecified atom stereocenters. The normalized spacial score (nSPS) is 59.2. The van der Waals surface area contributed by atoms with Gasteiger partial charge in [-0.1, -0.05) is 6.92 Å². The van der Waals surface area contributed by atoms with Crippen LogP contribution >= 0.6 is 0 Å². The van der Waals surface area contributed by atoms with Crippen molar-refractivity contribution in [3.63, 3.8) is 0 Å². The molecule has 0 bridgehead atoms. The summed E-state index contributed by atoms with van der Waals surface area (Å²) in [6, 6.07) is -6.24. The number of halogens is 1. The van der Waals surface area contributed by atoms with Crippen molar-refractivity contribution in [3.05, 3.63) is 24.1 Å². The molecule has 1 aromatic rings. The zero-order valence-electron chi connectivity index (χ0n) is 23.8. The van der Waals surface area contributed by atoms with E-state index in [0.29, 0.717) is 0 Å². The maximum atomic E-state index is 13.6. The fourth-order valence-corrected chi connectivity index (χ4v) is 0.882. The Bertz CT molecular complexity index is 925. The second kappa shape index (κ2) is 5.96. The molecule has 1 aromatic heterocycles. The van der Waals surface area contributed by atoms with Crippen molar-refractivity contribution in [2.24, 2.45) is 5.89 Å². The number of ether oxygens (including phenoxy) is 1. The van der Waals surface area contributed by atoms with Crippen molar-refractivity contribution in [1.29, 1.82) is 0 Å². The largest absolute Gasteiger partial charge is 0.478 e. The third-order valence-corrected chi connectivity index (χ3v) is 1.62. The van der Waals surface area contributed by atoms with E-state index in [1.807, 2.05) is 0 Å². The van der Waals surface area contributed by atoms with E-state index < -0.39 is 74.1 Å². The lowest BCUT2D eigenvalue weighted by atomic mass is 9.95. The SMILES string of the molecule is [2H]c1nc(OC([2H])([2H])C([2H])([2H])[C@@]2([2H])N([2H])C([2H])[C@@]([2H])(C)C([2H])([2H])C2([2H])[2H])c([2H])c([2H])c1F. The average molecular weight is 253 g/mol. The minimum absolute atomic E-state index is 0.367. The van der Waals surface area contributed by atoms with Gasteiger partial charge in [-0.15, -0.1) is 0 Å². The third kappa shape index (κ3) is 3.97. The summed E-state index contributed by atoms with van der Waals surface area (Å²) in [4.78, 5) is 3.12. The smallest absolute Gasteiger partial charge is 0.213 e. The first kappa shape index (κ1) is 3.44. The molecule has 0 spiro atoms. The zero-order valence-corrected chi connectivity index (χ0v) is 8.76. The molecular weight excluding hydrogens is 219 g/mol. The summed E-state index contributed by atoms with van der Waals surface area (Å²) >= 11 is 0. The van der Waals surface area contributed by atoms with Gasteiger partial charge in [0.2, 0.25) is 5.88 Å². The first-order chi connectivity index (χ1) is 14.0. The highest BCUT2D eigenvalue weighted by atomic mass is 19.1. The number of nitrogens with one attached hydrogen (secondary N) is 1. The van der Waals surface area contributed by atoms with Crippen molar-refractivity contribution < 1.29 is 29.7 Å². The number of hydrogen-bond donors (Lipinski definition) is 1. The van der Waals surface area contributed by atoms with Crippen LogP contribution in [0, 0.1) is 11.7 Å². The summed E-state index contributed by atoms with van der Waals surface area (Å²) in [6.45, 7) is -5.45. The van der Waals surface area contributed by atoms with Gasteiger partial charge in [0.25, 0.3) is 0 Å². The maximum absolute atomic E-state index is 13.6. The van der Waals surface area contributed by atoms with Crippen molar-refractivity contribution in [2.75, 3.05) is 13.1 Å². The van der Waals surface area contributed by atoms with Gasteiger partial charge in [0.15, 0.2) is 0 Å². The minimum Gasteiger partial charge on any atom is -0.478 e. The molecule has 1 aliphatic heterocycles. The summed E-state index contributed by atoms with van der Waals surface area (Å²) in [6.07, 6.45) is -12.5. The first-order valence-corrected chi connectivity index (χ1v) is 4.56. The van der Waals surface area contributed by atoms with Crippen LogP contribution in [0.1, 0.15) is 45.2 Å². The molecule has 2 rings (SSSR count). The quantitative estimate of drug-likeness (QED) is 0.894. The number of rotatable bonds is 4. The molecule has 0 amide bonds. The number of piperidine rings is 1. The number of aromatic nitrogens is 1. The van der Waals surface area contributed by atoms with E-state index in [1.165, 1.54) is 0 Å². The number of pyridine rings is 1. The Morgan fingerprint density at radius 3 is 3.59 bits per heavy atom. The van der Waals surface area contributed by atoms with Gasteiger partial charge < -0.3 is 10.0 Å². The van der Waals surface area contributed by atoms with Crippen molar-refractivity contribution in [1.82, 2.24) is 10.3 Å². The summed E-state index contributed by atoms with van der Waals surface area (Å²) < 4.78 is 138. The van der Waals surface area contributed by atoms with Crippen molar-refractivity contribution in [3.8, 4) is 5.88 Å². The van der Waals surface area contributed by atoms with Crippen LogP contribution in [0.4, 0.5) is 4.39 Å². The topological polar surface area (TPSA) is 34.1 Å². The van der Waals surface area contributed by atoms with Crippen LogP contribution in [0.3, 0.4) is 0 Å². The highest BCUT2D eigenvalue weighted by Gasteiger charge is 2.16. The molecule has 0 radical (unpaired) electrons. The van der Waals surface area contributed by atoms with E-state index in [9.17, 15) is 4.39 Å². The molecule has 1 aliphatic rings. The average Bonchev–Trinajstić information content (AvgIpc) is 2.66. The van der Waals surface area contributed by atoms with Crippen LogP contribution in [0.15, 0.2) is 18.3 Å². The van der Waals surface area contributed by atoms with Gasteiger partial charge in [-0.05, 0) is 37.6 Å². The van der Waals surface area contributed by atoms with Gasteiger partial charge >= 0.3 is 0 Å². The second-order valence-corrected chi connectivity index (χ2v) is 2.96. The van der Waals surface area contributed by atoms with Crippen LogP contribution in [-0.4, -0.2) is 24.1 Å². The molecule has 0 saturated carbocycles. The lowest BCUT2D eigenvalue weighted by molar-refractivity contribution is 0.244. The Balaban J connectivity index is 2.69. The molecule has 1 N–H and O–H groups in total. The van der Waals surface area contributed by atoms with Gasteiger partial charge in [-0.2, -0.15) is 0 Å². The molecule has 2 heterocycles. The van der Waals surface area contributed by atoms with E-state index in [0.717, 1.165) is 6.92 Å². The molecule has 0 aliphatic carbocycles. The van der Waals surface area contributed by atoms with Crippen LogP contribution in [-0.2, 0) is 0 Å². The lowest BCUT2D eigenvalue weighted by Crippen LogP contribution is -2.38. The fraction of sp³-hybridized carbons (Fsp3) is 0.615. The van der Waals surface area contributed by atoms with Crippen LogP contribution in [0.5, 0.6) is 5.88 Å².